The van der Waals surface area contributed by atoms with Gasteiger partial charge < -0.3 is 4.74 Å². The summed E-state index contributed by atoms with van der Waals surface area (Å²) in [5.74, 6) is 0.797. The molecule has 0 aromatic rings. The molecule has 0 saturated heterocycles. The summed E-state index contributed by atoms with van der Waals surface area (Å²) in [6.07, 6.45) is 24.8. The molecule has 2 aliphatic rings. The van der Waals surface area contributed by atoms with Crippen molar-refractivity contribution in [1.29, 1.82) is 0 Å². The molecular formula is C28H52O2. The molecule has 0 heterocycles. The van der Waals surface area contributed by atoms with Crippen molar-refractivity contribution in [2.75, 3.05) is 0 Å². The van der Waals surface area contributed by atoms with Crippen molar-refractivity contribution in [1.82, 2.24) is 0 Å². The van der Waals surface area contributed by atoms with Gasteiger partial charge in [0.2, 0.25) is 0 Å². The maximum Gasteiger partial charge on any atom is 0.306 e. The van der Waals surface area contributed by atoms with Crippen LogP contribution in [-0.2, 0) is 9.53 Å². The Morgan fingerprint density at radius 1 is 0.767 bits per heavy atom. The van der Waals surface area contributed by atoms with Gasteiger partial charge in [-0.15, -0.1) is 0 Å². The van der Waals surface area contributed by atoms with E-state index in [9.17, 15) is 4.79 Å². The molecule has 0 N–H and O–H groups in total. The van der Waals surface area contributed by atoms with Gasteiger partial charge in [0.05, 0.1) is 0 Å². The lowest BCUT2D eigenvalue weighted by Gasteiger charge is -2.38. The molecule has 0 amide bonds. The fourth-order valence-corrected chi connectivity index (χ4v) is 6.17. The molecule has 30 heavy (non-hydrogen) atoms. The van der Waals surface area contributed by atoms with Crippen molar-refractivity contribution in [3.8, 4) is 0 Å². The number of unbranched alkanes of at least 4 members (excludes halogenated alkanes) is 14. The first-order valence-electron chi connectivity index (χ1n) is 13.6. The minimum Gasteiger partial charge on any atom is -0.462 e. The molecule has 2 rings (SSSR count). The van der Waals surface area contributed by atoms with Crippen molar-refractivity contribution in [3.63, 3.8) is 0 Å². The number of rotatable bonds is 17. The van der Waals surface area contributed by atoms with E-state index < -0.39 is 0 Å². The average molecular weight is 421 g/mol. The topological polar surface area (TPSA) is 26.3 Å². The van der Waals surface area contributed by atoms with E-state index in [-0.39, 0.29) is 17.5 Å². The van der Waals surface area contributed by atoms with Crippen molar-refractivity contribution >= 4 is 5.97 Å². The molecule has 3 atom stereocenters. The van der Waals surface area contributed by atoms with Crippen LogP contribution in [0.2, 0.25) is 0 Å². The molecular weight excluding hydrogens is 368 g/mol. The molecule has 2 aliphatic carbocycles. The summed E-state index contributed by atoms with van der Waals surface area (Å²) >= 11 is 0. The normalized spacial score (nSPS) is 26.9. The van der Waals surface area contributed by atoms with Gasteiger partial charge >= 0.3 is 5.97 Å². The molecule has 2 heteroatoms. The third-order valence-corrected chi connectivity index (χ3v) is 8.97. The monoisotopic (exact) mass is 420 g/mol. The van der Waals surface area contributed by atoms with E-state index in [0.29, 0.717) is 11.8 Å². The third kappa shape index (κ3) is 7.27. The largest absolute Gasteiger partial charge is 0.462 e. The van der Waals surface area contributed by atoms with E-state index in [1.807, 2.05) is 0 Å². The number of carbonyl (C=O) groups is 1. The van der Waals surface area contributed by atoms with Crippen LogP contribution in [0.5, 0.6) is 0 Å². The first kappa shape index (κ1) is 25.7. The number of ether oxygens (including phenoxy) is 1. The summed E-state index contributed by atoms with van der Waals surface area (Å²) in [4.78, 5) is 12.3. The van der Waals surface area contributed by atoms with Gasteiger partial charge in [0.25, 0.3) is 0 Å². The van der Waals surface area contributed by atoms with Crippen LogP contribution in [0.15, 0.2) is 0 Å². The number of hydrogen-bond acceptors (Lipinski definition) is 2. The van der Waals surface area contributed by atoms with Gasteiger partial charge in [-0.25, -0.2) is 0 Å². The summed E-state index contributed by atoms with van der Waals surface area (Å²) in [7, 11) is 0. The van der Waals surface area contributed by atoms with Crippen molar-refractivity contribution in [3.05, 3.63) is 0 Å². The van der Waals surface area contributed by atoms with Crippen LogP contribution in [0.1, 0.15) is 150 Å². The predicted octanol–water partition coefficient (Wildman–Crippen LogP) is 9.01. The van der Waals surface area contributed by atoms with E-state index >= 15 is 0 Å². The SMILES string of the molecule is CCCCCCCCCCCCCCCCCC(=O)O[C@H]1C[C@H]2CC[C@@]1(C)C2(C)C. The Morgan fingerprint density at radius 3 is 1.63 bits per heavy atom. The number of fused-ring (bicyclic) bond motifs is 2. The predicted molar refractivity (Wildman–Crippen MR) is 129 cm³/mol. The van der Waals surface area contributed by atoms with E-state index in [4.69, 9.17) is 4.74 Å². The Hall–Kier alpha value is -0.530. The lowest BCUT2D eigenvalue weighted by molar-refractivity contribution is -0.157. The molecule has 2 bridgehead atoms. The Balaban J connectivity index is 1.37. The van der Waals surface area contributed by atoms with Crippen molar-refractivity contribution < 1.29 is 9.53 Å². The highest BCUT2D eigenvalue weighted by molar-refractivity contribution is 5.69. The zero-order valence-electron chi connectivity index (χ0n) is 20.9. The molecule has 2 nitrogen and oxygen atoms in total. The van der Waals surface area contributed by atoms with Crippen LogP contribution in [-0.4, -0.2) is 12.1 Å². The highest BCUT2D eigenvalue weighted by Gasteiger charge is 2.62. The molecule has 0 radical (unpaired) electrons. The molecule has 0 aromatic heterocycles. The van der Waals surface area contributed by atoms with Gasteiger partial charge in [-0.05, 0) is 37.0 Å². The molecule has 2 fully saturated rings. The van der Waals surface area contributed by atoms with Crippen LogP contribution in [0.3, 0.4) is 0 Å². The zero-order chi connectivity index (χ0) is 21.9. The van der Waals surface area contributed by atoms with Gasteiger partial charge in [0.1, 0.15) is 6.10 Å². The van der Waals surface area contributed by atoms with E-state index in [0.717, 1.165) is 18.8 Å². The Bertz CT molecular complexity index is 483. The minimum atomic E-state index is 0.0549. The molecule has 2 saturated carbocycles. The fourth-order valence-electron chi connectivity index (χ4n) is 6.17. The first-order valence-corrected chi connectivity index (χ1v) is 13.6. The summed E-state index contributed by atoms with van der Waals surface area (Å²) in [5.41, 5.74) is 0.523. The van der Waals surface area contributed by atoms with Crippen molar-refractivity contribution in [2.24, 2.45) is 16.7 Å². The second-order valence-corrected chi connectivity index (χ2v) is 11.3. The standard InChI is InChI=1S/C28H52O2/c1-5-6-7-8-9-10-11-12-13-14-15-16-17-18-19-20-26(29)30-25-23-24-21-22-28(25,4)27(24,2)3/h24-25H,5-23H2,1-4H3/t24-,25+,28-/m1/s1. The second-order valence-electron chi connectivity index (χ2n) is 11.3. The molecule has 0 unspecified atom stereocenters. The van der Waals surface area contributed by atoms with Crippen LogP contribution < -0.4 is 0 Å². The maximum atomic E-state index is 12.3. The smallest absolute Gasteiger partial charge is 0.306 e. The van der Waals surface area contributed by atoms with Crippen LogP contribution in [0.4, 0.5) is 0 Å². The minimum absolute atomic E-state index is 0.0549. The molecule has 176 valence electrons. The lowest BCUT2D eigenvalue weighted by Crippen LogP contribution is -2.38. The summed E-state index contributed by atoms with van der Waals surface area (Å²) < 4.78 is 5.96. The highest BCUT2D eigenvalue weighted by Crippen LogP contribution is 2.66. The fraction of sp³-hybridized carbons (Fsp3) is 0.964. The Kier molecular flexibility index (Phi) is 11.2. The average Bonchev–Trinajstić information content (AvgIpc) is 3.04. The molecule has 0 aliphatic heterocycles. The zero-order valence-corrected chi connectivity index (χ0v) is 20.9. The Morgan fingerprint density at radius 2 is 1.23 bits per heavy atom. The quantitative estimate of drug-likeness (QED) is 0.173. The number of hydrogen-bond donors (Lipinski definition) is 0. The Labute approximate surface area is 188 Å². The van der Waals surface area contributed by atoms with E-state index in [1.165, 1.54) is 103 Å². The first-order chi connectivity index (χ1) is 14.4. The number of esters is 1. The van der Waals surface area contributed by atoms with Gasteiger partial charge in [-0.2, -0.15) is 0 Å². The van der Waals surface area contributed by atoms with Crippen LogP contribution in [0.25, 0.3) is 0 Å². The van der Waals surface area contributed by atoms with Gasteiger partial charge in [0.15, 0.2) is 0 Å². The van der Waals surface area contributed by atoms with E-state index in [2.05, 4.69) is 27.7 Å². The summed E-state index contributed by atoms with van der Waals surface area (Å²) in [6.45, 7) is 9.40. The maximum absolute atomic E-state index is 12.3. The van der Waals surface area contributed by atoms with E-state index in [1.54, 1.807) is 0 Å². The summed E-state index contributed by atoms with van der Waals surface area (Å²) in [5, 5.41) is 0. The van der Waals surface area contributed by atoms with Crippen LogP contribution in [0, 0.1) is 16.7 Å². The molecule has 0 aromatic carbocycles. The van der Waals surface area contributed by atoms with Gasteiger partial charge in [0, 0.05) is 11.8 Å². The second kappa shape index (κ2) is 13.1. The lowest BCUT2D eigenvalue weighted by atomic mass is 9.70. The van der Waals surface area contributed by atoms with Crippen molar-refractivity contribution in [2.45, 2.75) is 156 Å². The number of carbonyl (C=O) groups excluding carboxylic acids is 1. The third-order valence-electron chi connectivity index (χ3n) is 8.97. The van der Waals surface area contributed by atoms with Gasteiger partial charge in [-0.1, -0.05) is 118 Å². The summed E-state index contributed by atoms with van der Waals surface area (Å²) in [6, 6.07) is 0. The van der Waals surface area contributed by atoms with Gasteiger partial charge in [-0.3, -0.25) is 4.79 Å². The highest BCUT2D eigenvalue weighted by atomic mass is 16.5. The molecule has 0 spiro atoms. The van der Waals surface area contributed by atoms with Crippen LogP contribution >= 0.6 is 0 Å².